The van der Waals surface area contributed by atoms with Crippen LogP contribution in [0.15, 0.2) is 0 Å². The van der Waals surface area contributed by atoms with Crippen molar-refractivity contribution in [3.05, 3.63) is 0 Å². The van der Waals surface area contributed by atoms with Gasteiger partial charge in [0, 0.05) is 19.7 Å². The molecule has 2 N–H and O–H groups in total. The number of nitrogens with one attached hydrogen (secondary N) is 2. The van der Waals surface area contributed by atoms with E-state index < -0.39 is 0 Å². The first-order valence-electron chi connectivity index (χ1n) is 6.34. The van der Waals surface area contributed by atoms with Crippen LogP contribution in [0.2, 0.25) is 0 Å². The van der Waals surface area contributed by atoms with Gasteiger partial charge in [0.1, 0.15) is 0 Å². The van der Waals surface area contributed by atoms with E-state index in [1.165, 1.54) is 19.3 Å². The highest BCUT2D eigenvalue weighted by Crippen LogP contribution is 2.34. The van der Waals surface area contributed by atoms with Gasteiger partial charge in [-0.15, -0.1) is 0 Å². The van der Waals surface area contributed by atoms with Crippen LogP contribution in [-0.2, 0) is 4.74 Å². The molecule has 0 saturated heterocycles. The van der Waals surface area contributed by atoms with Crippen molar-refractivity contribution in [2.45, 2.75) is 56.6 Å². The Morgan fingerprint density at radius 3 is 2.50 bits per heavy atom. The molecule has 0 aliphatic heterocycles. The molecule has 0 heterocycles. The van der Waals surface area contributed by atoms with Crippen LogP contribution in [0.5, 0.6) is 0 Å². The Balaban J connectivity index is 1.66. The minimum absolute atomic E-state index is 0.0322. The summed E-state index contributed by atoms with van der Waals surface area (Å²) in [6, 6.07) is 0.357. The second-order valence-corrected chi connectivity index (χ2v) is 5.05. The first-order chi connectivity index (χ1) is 7.74. The zero-order valence-electron chi connectivity index (χ0n) is 10.1. The molecular weight excluding hydrogens is 204 g/mol. The number of amides is 2. The van der Waals surface area contributed by atoms with Gasteiger partial charge in [0.05, 0.1) is 5.60 Å². The van der Waals surface area contributed by atoms with Crippen LogP contribution in [0.25, 0.3) is 0 Å². The number of carbonyl (C=O) groups excluding carboxylic acids is 1. The van der Waals surface area contributed by atoms with Crippen LogP contribution in [-0.4, -0.2) is 31.3 Å². The van der Waals surface area contributed by atoms with E-state index in [1.807, 2.05) is 0 Å². The van der Waals surface area contributed by atoms with E-state index in [2.05, 4.69) is 10.6 Å². The predicted molar refractivity (Wildman–Crippen MR) is 62.4 cm³/mol. The fraction of sp³-hybridized carbons (Fsp3) is 0.917. The summed E-state index contributed by atoms with van der Waals surface area (Å²) in [6.07, 6.45) is 8.08. The SMILES string of the molecule is COC1(CNC(=O)NC2CCCC2)CCC1. The molecule has 16 heavy (non-hydrogen) atoms. The molecule has 92 valence electrons. The van der Waals surface area contributed by atoms with Crippen LogP contribution in [0, 0.1) is 0 Å². The molecular formula is C12H22N2O2. The highest BCUT2D eigenvalue weighted by Gasteiger charge is 2.37. The number of carbonyl (C=O) groups is 1. The lowest BCUT2D eigenvalue weighted by Gasteiger charge is -2.40. The van der Waals surface area contributed by atoms with Crippen molar-refractivity contribution in [3.63, 3.8) is 0 Å². The van der Waals surface area contributed by atoms with E-state index >= 15 is 0 Å². The number of hydrogen-bond donors (Lipinski definition) is 2. The molecule has 0 radical (unpaired) electrons. The summed E-state index contributed by atoms with van der Waals surface area (Å²) in [5.74, 6) is 0. The number of rotatable bonds is 4. The Labute approximate surface area is 97.1 Å². The van der Waals surface area contributed by atoms with Crippen molar-refractivity contribution in [2.75, 3.05) is 13.7 Å². The van der Waals surface area contributed by atoms with E-state index in [4.69, 9.17) is 4.74 Å². The maximum absolute atomic E-state index is 11.6. The molecule has 0 unspecified atom stereocenters. The number of methoxy groups -OCH3 is 1. The molecule has 2 amide bonds. The molecule has 4 heteroatoms. The van der Waals surface area contributed by atoms with Gasteiger partial charge in [-0.25, -0.2) is 4.79 Å². The maximum Gasteiger partial charge on any atom is 0.315 e. The monoisotopic (exact) mass is 226 g/mol. The molecule has 0 aromatic heterocycles. The number of urea groups is 1. The van der Waals surface area contributed by atoms with Crippen molar-refractivity contribution in [2.24, 2.45) is 0 Å². The average Bonchev–Trinajstić information content (AvgIpc) is 2.69. The molecule has 0 bridgehead atoms. The van der Waals surface area contributed by atoms with E-state index in [-0.39, 0.29) is 11.6 Å². The highest BCUT2D eigenvalue weighted by molar-refractivity contribution is 5.74. The Morgan fingerprint density at radius 2 is 2.00 bits per heavy atom. The maximum atomic E-state index is 11.6. The predicted octanol–water partition coefficient (Wildman–Crippen LogP) is 1.80. The Morgan fingerprint density at radius 1 is 1.31 bits per heavy atom. The number of hydrogen-bond acceptors (Lipinski definition) is 2. The summed E-state index contributed by atoms with van der Waals surface area (Å²) in [4.78, 5) is 11.6. The first-order valence-corrected chi connectivity index (χ1v) is 6.34. The molecule has 0 aromatic carbocycles. The zero-order valence-corrected chi connectivity index (χ0v) is 10.1. The van der Waals surface area contributed by atoms with Gasteiger partial charge in [-0.1, -0.05) is 12.8 Å². The minimum Gasteiger partial charge on any atom is -0.376 e. The lowest BCUT2D eigenvalue weighted by atomic mass is 9.80. The van der Waals surface area contributed by atoms with Crippen LogP contribution in [0.3, 0.4) is 0 Å². The second kappa shape index (κ2) is 5.04. The van der Waals surface area contributed by atoms with Crippen molar-refractivity contribution in [3.8, 4) is 0 Å². The third-order valence-electron chi connectivity index (χ3n) is 3.96. The molecule has 4 nitrogen and oxygen atoms in total. The molecule has 0 atom stereocenters. The molecule has 2 aliphatic carbocycles. The topological polar surface area (TPSA) is 50.4 Å². The summed E-state index contributed by atoms with van der Waals surface area (Å²) >= 11 is 0. The van der Waals surface area contributed by atoms with Gasteiger partial charge in [0.2, 0.25) is 0 Å². The van der Waals surface area contributed by atoms with Crippen molar-refractivity contribution < 1.29 is 9.53 Å². The molecule has 2 fully saturated rings. The van der Waals surface area contributed by atoms with E-state index in [0.29, 0.717) is 12.6 Å². The van der Waals surface area contributed by atoms with Gasteiger partial charge in [0.25, 0.3) is 0 Å². The standard InChI is InChI=1S/C12H22N2O2/c1-16-12(7-4-8-12)9-13-11(15)14-10-5-2-3-6-10/h10H,2-9H2,1H3,(H2,13,14,15). The van der Waals surface area contributed by atoms with Gasteiger partial charge in [-0.3, -0.25) is 0 Å². The smallest absolute Gasteiger partial charge is 0.315 e. The van der Waals surface area contributed by atoms with Crippen LogP contribution in [0.1, 0.15) is 44.9 Å². The third kappa shape index (κ3) is 2.67. The molecule has 2 rings (SSSR count). The first kappa shape index (κ1) is 11.7. The third-order valence-corrected chi connectivity index (χ3v) is 3.96. The van der Waals surface area contributed by atoms with E-state index in [1.54, 1.807) is 7.11 Å². The van der Waals surface area contributed by atoms with Crippen LogP contribution >= 0.6 is 0 Å². The highest BCUT2D eigenvalue weighted by atomic mass is 16.5. The normalized spacial score (nSPS) is 23.8. The lowest BCUT2D eigenvalue weighted by molar-refractivity contribution is -0.0674. The van der Waals surface area contributed by atoms with Gasteiger partial charge in [-0.2, -0.15) is 0 Å². The van der Waals surface area contributed by atoms with Crippen molar-refractivity contribution in [1.82, 2.24) is 10.6 Å². The molecule has 0 spiro atoms. The number of ether oxygens (including phenoxy) is 1. The Kier molecular flexibility index (Phi) is 3.69. The van der Waals surface area contributed by atoms with Crippen LogP contribution in [0.4, 0.5) is 4.79 Å². The quantitative estimate of drug-likeness (QED) is 0.768. The minimum atomic E-state index is -0.0764. The summed E-state index contributed by atoms with van der Waals surface area (Å²) in [5, 5.41) is 5.95. The summed E-state index contributed by atoms with van der Waals surface area (Å²) < 4.78 is 5.45. The fourth-order valence-corrected chi connectivity index (χ4v) is 2.57. The zero-order chi connectivity index (χ0) is 11.4. The van der Waals surface area contributed by atoms with E-state index in [0.717, 1.165) is 25.7 Å². The van der Waals surface area contributed by atoms with Gasteiger partial charge in [0.15, 0.2) is 0 Å². The molecule has 2 saturated carbocycles. The van der Waals surface area contributed by atoms with Gasteiger partial charge in [-0.05, 0) is 32.1 Å². The second-order valence-electron chi connectivity index (χ2n) is 5.05. The van der Waals surface area contributed by atoms with E-state index in [9.17, 15) is 4.79 Å². The average molecular weight is 226 g/mol. The Hall–Kier alpha value is -0.770. The molecule has 0 aromatic rings. The van der Waals surface area contributed by atoms with Crippen molar-refractivity contribution >= 4 is 6.03 Å². The van der Waals surface area contributed by atoms with Crippen molar-refractivity contribution in [1.29, 1.82) is 0 Å². The largest absolute Gasteiger partial charge is 0.376 e. The summed E-state index contributed by atoms with van der Waals surface area (Å²) in [7, 11) is 1.73. The molecule has 2 aliphatic rings. The fourth-order valence-electron chi connectivity index (χ4n) is 2.57. The summed E-state index contributed by atoms with van der Waals surface area (Å²) in [5.41, 5.74) is -0.0764. The van der Waals surface area contributed by atoms with Gasteiger partial charge < -0.3 is 15.4 Å². The van der Waals surface area contributed by atoms with Crippen LogP contribution < -0.4 is 10.6 Å². The van der Waals surface area contributed by atoms with Gasteiger partial charge >= 0.3 is 6.03 Å². The summed E-state index contributed by atoms with van der Waals surface area (Å²) in [6.45, 7) is 0.641. The lowest BCUT2D eigenvalue weighted by Crippen LogP contribution is -2.52. The Bertz CT molecular complexity index is 240.